The summed E-state index contributed by atoms with van der Waals surface area (Å²) in [7, 11) is 1.64. The number of rotatable bonds is 4. The summed E-state index contributed by atoms with van der Waals surface area (Å²) >= 11 is 3.44. The van der Waals surface area contributed by atoms with Gasteiger partial charge in [-0.2, -0.15) is 0 Å². The highest BCUT2D eigenvalue weighted by atomic mass is 79.9. The summed E-state index contributed by atoms with van der Waals surface area (Å²) < 4.78 is 6.30. The first-order valence-corrected chi connectivity index (χ1v) is 6.82. The third kappa shape index (κ3) is 3.33. The standard InChI is InChI=1S/C15H16BrNO2/c1-10-9-17-6-5-13(10)14(18)8-11-7-12(16)3-4-15(11)19-2/h3-7,9,14,18H,8H2,1-2H3. The number of ether oxygens (including phenoxy) is 1. The molecule has 1 aromatic carbocycles. The fourth-order valence-electron chi connectivity index (χ4n) is 2.08. The molecule has 2 rings (SSSR count). The molecule has 1 heterocycles. The van der Waals surface area contributed by atoms with E-state index in [4.69, 9.17) is 4.74 Å². The highest BCUT2D eigenvalue weighted by molar-refractivity contribution is 9.10. The topological polar surface area (TPSA) is 42.4 Å². The first-order chi connectivity index (χ1) is 9.11. The van der Waals surface area contributed by atoms with Crippen LogP contribution in [-0.2, 0) is 6.42 Å². The Morgan fingerprint density at radius 1 is 1.37 bits per heavy atom. The van der Waals surface area contributed by atoms with E-state index in [9.17, 15) is 5.11 Å². The van der Waals surface area contributed by atoms with Crippen molar-refractivity contribution in [2.45, 2.75) is 19.4 Å². The summed E-state index contributed by atoms with van der Waals surface area (Å²) in [4.78, 5) is 4.04. The van der Waals surface area contributed by atoms with Gasteiger partial charge in [-0.05, 0) is 47.9 Å². The van der Waals surface area contributed by atoms with E-state index in [2.05, 4.69) is 20.9 Å². The summed E-state index contributed by atoms with van der Waals surface area (Å²) in [6.07, 6.45) is 3.40. The van der Waals surface area contributed by atoms with Crippen molar-refractivity contribution in [2.75, 3.05) is 7.11 Å². The van der Waals surface area contributed by atoms with Crippen LogP contribution in [0.3, 0.4) is 0 Å². The molecule has 0 radical (unpaired) electrons. The van der Waals surface area contributed by atoms with E-state index in [1.165, 1.54) is 0 Å². The maximum Gasteiger partial charge on any atom is 0.122 e. The molecule has 0 spiro atoms. The second-order valence-electron chi connectivity index (χ2n) is 4.41. The minimum atomic E-state index is -0.564. The van der Waals surface area contributed by atoms with Crippen LogP contribution in [0.15, 0.2) is 41.1 Å². The predicted octanol–water partition coefficient (Wildman–Crippen LogP) is 3.44. The Morgan fingerprint density at radius 3 is 2.84 bits per heavy atom. The number of hydrogen-bond acceptors (Lipinski definition) is 3. The lowest BCUT2D eigenvalue weighted by Gasteiger charge is -2.15. The molecule has 1 N–H and O–H groups in total. The molecule has 19 heavy (non-hydrogen) atoms. The Labute approximate surface area is 121 Å². The fourth-order valence-corrected chi connectivity index (χ4v) is 2.49. The Bertz CT molecular complexity index is 572. The summed E-state index contributed by atoms with van der Waals surface area (Å²) in [5.41, 5.74) is 2.86. The number of benzene rings is 1. The molecule has 4 heteroatoms. The average molecular weight is 322 g/mol. The van der Waals surface area contributed by atoms with Crippen molar-refractivity contribution >= 4 is 15.9 Å². The van der Waals surface area contributed by atoms with Crippen LogP contribution in [0.5, 0.6) is 5.75 Å². The fraction of sp³-hybridized carbons (Fsp3) is 0.267. The maximum absolute atomic E-state index is 10.4. The third-order valence-electron chi connectivity index (χ3n) is 3.08. The normalized spacial score (nSPS) is 12.2. The largest absolute Gasteiger partial charge is 0.496 e. The predicted molar refractivity (Wildman–Crippen MR) is 78.3 cm³/mol. The summed E-state index contributed by atoms with van der Waals surface area (Å²) in [5, 5.41) is 10.4. The second kappa shape index (κ2) is 6.17. The highest BCUT2D eigenvalue weighted by Crippen LogP contribution is 2.28. The van der Waals surface area contributed by atoms with Gasteiger partial charge in [0, 0.05) is 23.3 Å². The summed E-state index contributed by atoms with van der Waals surface area (Å²) in [6.45, 7) is 1.95. The lowest BCUT2D eigenvalue weighted by Crippen LogP contribution is -2.05. The van der Waals surface area contributed by atoms with Gasteiger partial charge >= 0.3 is 0 Å². The number of aromatic nitrogens is 1. The number of aliphatic hydroxyl groups excluding tert-OH is 1. The molecule has 0 saturated heterocycles. The van der Waals surface area contributed by atoms with Gasteiger partial charge in [0.25, 0.3) is 0 Å². The van der Waals surface area contributed by atoms with Crippen molar-refractivity contribution in [3.8, 4) is 5.75 Å². The van der Waals surface area contributed by atoms with Crippen molar-refractivity contribution in [3.05, 3.63) is 57.8 Å². The molecule has 0 bridgehead atoms. The van der Waals surface area contributed by atoms with Crippen LogP contribution >= 0.6 is 15.9 Å². The van der Waals surface area contributed by atoms with Crippen LogP contribution in [0.1, 0.15) is 22.8 Å². The van der Waals surface area contributed by atoms with Crippen molar-refractivity contribution in [1.82, 2.24) is 4.98 Å². The summed E-state index contributed by atoms with van der Waals surface area (Å²) in [5.74, 6) is 0.786. The van der Waals surface area contributed by atoms with Gasteiger partial charge < -0.3 is 9.84 Å². The molecular formula is C15H16BrNO2. The number of aliphatic hydroxyl groups is 1. The number of hydrogen-bond donors (Lipinski definition) is 1. The third-order valence-corrected chi connectivity index (χ3v) is 3.57. The molecule has 1 unspecified atom stereocenters. The van der Waals surface area contributed by atoms with E-state index in [1.807, 2.05) is 31.2 Å². The SMILES string of the molecule is COc1ccc(Br)cc1CC(O)c1ccncc1C. The zero-order chi connectivity index (χ0) is 13.8. The molecule has 0 saturated carbocycles. The average Bonchev–Trinajstić information content (AvgIpc) is 2.39. The van der Waals surface area contributed by atoms with Crippen LogP contribution < -0.4 is 4.74 Å². The Morgan fingerprint density at radius 2 is 2.16 bits per heavy atom. The molecule has 1 atom stereocenters. The first-order valence-electron chi connectivity index (χ1n) is 6.03. The molecule has 100 valence electrons. The van der Waals surface area contributed by atoms with E-state index >= 15 is 0 Å². The minimum absolute atomic E-state index is 0.507. The van der Waals surface area contributed by atoms with E-state index in [-0.39, 0.29) is 0 Å². The van der Waals surface area contributed by atoms with E-state index in [0.717, 1.165) is 26.9 Å². The molecule has 3 nitrogen and oxygen atoms in total. The summed E-state index contributed by atoms with van der Waals surface area (Å²) in [6, 6.07) is 7.64. The minimum Gasteiger partial charge on any atom is -0.496 e. The first kappa shape index (κ1) is 14.0. The zero-order valence-corrected chi connectivity index (χ0v) is 12.5. The molecule has 0 aliphatic carbocycles. The number of aryl methyl sites for hydroxylation is 1. The van der Waals surface area contributed by atoms with Crippen molar-refractivity contribution < 1.29 is 9.84 Å². The van der Waals surface area contributed by atoms with Gasteiger partial charge in [-0.15, -0.1) is 0 Å². The molecule has 1 aromatic heterocycles. The number of halogens is 1. The van der Waals surface area contributed by atoms with Gasteiger partial charge in [-0.1, -0.05) is 15.9 Å². The Hall–Kier alpha value is -1.39. The lowest BCUT2D eigenvalue weighted by atomic mass is 9.99. The zero-order valence-electron chi connectivity index (χ0n) is 10.9. The van der Waals surface area contributed by atoms with Crippen LogP contribution in [0.25, 0.3) is 0 Å². The molecule has 0 aliphatic heterocycles. The molecule has 0 amide bonds. The van der Waals surface area contributed by atoms with Crippen LogP contribution in [0.4, 0.5) is 0 Å². The van der Waals surface area contributed by atoms with Crippen molar-refractivity contribution in [3.63, 3.8) is 0 Å². The molecular weight excluding hydrogens is 306 g/mol. The van der Waals surface area contributed by atoms with Gasteiger partial charge in [0.15, 0.2) is 0 Å². The van der Waals surface area contributed by atoms with Crippen molar-refractivity contribution in [1.29, 1.82) is 0 Å². The number of pyridine rings is 1. The van der Waals surface area contributed by atoms with E-state index < -0.39 is 6.10 Å². The smallest absolute Gasteiger partial charge is 0.122 e. The van der Waals surface area contributed by atoms with E-state index in [1.54, 1.807) is 19.5 Å². The highest BCUT2D eigenvalue weighted by Gasteiger charge is 2.14. The van der Waals surface area contributed by atoms with Gasteiger partial charge in [0.2, 0.25) is 0 Å². The molecule has 0 aliphatic rings. The van der Waals surface area contributed by atoms with Gasteiger partial charge in [0.05, 0.1) is 13.2 Å². The van der Waals surface area contributed by atoms with Gasteiger partial charge in [0.1, 0.15) is 5.75 Å². The van der Waals surface area contributed by atoms with Crippen molar-refractivity contribution in [2.24, 2.45) is 0 Å². The monoisotopic (exact) mass is 321 g/mol. The Kier molecular flexibility index (Phi) is 4.56. The van der Waals surface area contributed by atoms with Crippen LogP contribution in [0.2, 0.25) is 0 Å². The molecule has 2 aromatic rings. The van der Waals surface area contributed by atoms with Gasteiger partial charge in [-0.3, -0.25) is 4.98 Å². The quantitative estimate of drug-likeness (QED) is 0.938. The number of methoxy groups -OCH3 is 1. The maximum atomic E-state index is 10.4. The van der Waals surface area contributed by atoms with Crippen LogP contribution in [0, 0.1) is 6.92 Å². The van der Waals surface area contributed by atoms with Crippen LogP contribution in [-0.4, -0.2) is 17.2 Å². The van der Waals surface area contributed by atoms with E-state index in [0.29, 0.717) is 6.42 Å². The lowest BCUT2D eigenvalue weighted by molar-refractivity contribution is 0.176. The molecule has 0 fully saturated rings. The van der Waals surface area contributed by atoms with Gasteiger partial charge in [-0.25, -0.2) is 0 Å². The number of nitrogens with zero attached hydrogens (tertiary/aromatic N) is 1. The second-order valence-corrected chi connectivity index (χ2v) is 5.32. The Balaban J connectivity index is 2.26.